The van der Waals surface area contributed by atoms with Crippen molar-refractivity contribution in [2.75, 3.05) is 44.8 Å². The van der Waals surface area contributed by atoms with Gasteiger partial charge in [-0.05, 0) is 48.5 Å². The number of nitrogens with zero attached hydrogens (tertiary/aromatic N) is 2. The number of anilines is 1. The van der Waals surface area contributed by atoms with Crippen molar-refractivity contribution < 1.29 is 27.4 Å². The summed E-state index contributed by atoms with van der Waals surface area (Å²) >= 11 is 0. The topological polar surface area (TPSA) is 55.7 Å². The van der Waals surface area contributed by atoms with Crippen LogP contribution in [0.2, 0.25) is 0 Å². The fourth-order valence-electron chi connectivity index (χ4n) is 3.63. The van der Waals surface area contributed by atoms with E-state index in [2.05, 4.69) is 14.8 Å². The second-order valence-corrected chi connectivity index (χ2v) is 7.60. The monoisotopic (exact) mass is 447 g/mol. The Morgan fingerprint density at radius 3 is 2.50 bits per heavy atom. The Bertz CT molecular complexity index is 1060. The predicted octanol–water partition coefficient (Wildman–Crippen LogP) is 4.01. The van der Waals surface area contributed by atoms with E-state index in [0.717, 1.165) is 62.4 Å². The Labute approximate surface area is 183 Å². The molecule has 1 aliphatic rings. The lowest BCUT2D eigenvalue weighted by molar-refractivity contribution is -0.137. The number of alkyl halides is 3. The zero-order chi connectivity index (χ0) is 22.6. The van der Waals surface area contributed by atoms with Crippen molar-refractivity contribution in [3.05, 3.63) is 60.3 Å². The van der Waals surface area contributed by atoms with Crippen LogP contribution < -0.4 is 10.1 Å². The molecule has 0 saturated carbocycles. The van der Waals surface area contributed by atoms with Gasteiger partial charge in [0.25, 0.3) is 5.91 Å². The first-order chi connectivity index (χ1) is 15.4. The van der Waals surface area contributed by atoms with E-state index in [1.165, 1.54) is 12.1 Å². The molecule has 1 aliphatic heterocycles. The fraction of sp³-hybridized carbons (Fsp3) is 0.348. The molecule has 0 atom stereocenters. The number of hydrogen-bond donors (Lipinski definition) is 1. The van der Waals surface area contributed by atoms with Gasteiger partial charge < -0.3 is 19.4 Å². The molecule has 0 aliphatic carbocycles. The molecule has 1 saturated heterocycles. The van der Waals surface area contributed by atoms with Crippen LogP contribution in [0.25, 0.3) is 10.9 Å². The van der Waals surface area contributed by atoms with Gasteiger partial charge in [-0.15, -0.1) is 0 Å². The third kappa shape index (κ3) is 5.60. The number of aromatic nitrogens is 1. The zero-order valence-corrected chi connectivity index (χ0v) is 17.4. The van der Waals surface area contributed by atoms with Crippen molar-refractivity contribution in [3.8, 4) is 5.75 Å². The SMILES string of the molecule is O=C(COc1ccc(C(F)(F)F)cc1)Nc1ccc2c(ccn2CCN2CCOCC2)c1. The quantitative estimate of drug-likeness (QED) is 0.595. The average molecular weight is 447 g/mol. The zero-order valence-electron chi connectivity index (χ0n) is 17.4. The number of hydrogen-bond acceptors (Lipinski definition) is 4. The Morgan fingerprint density at radius 1 is 1.03 bits per heavy atom. The number of carbonyl (C=O) groups is 1. The Morgan fingerprint density at radius 2 is 1.78 bits per heavy atom. The maximum atomic E-state index is 12.6. The number of amides is 1. The molecule has 1 aromatic heterocycles. The molecule has 170 valence electrons. The molecule has 32 heavy (non-hydrogen) atoms. The normalized spacial score (nSPS) is 15.1. The highest BCUT2D eigenvalue weighted by Gasteiger charge is 2.30. The minimum absolute atomic E-state index is 0.195. The van der Waals surface area contributed by atoms with Crippen LogP contribution in [0.4, 0.5) is 18.9 Å². The molecule has 0 spiro atoms. The highest BCUT2D eigenvalue weighted by molar-refractivity contribution is 5.94. The second kappa shape index (κ2) is 9.62. The van der Waals surface area contributed by atoms with Gasteiger partial charge in [-0.2, -0.15) is 13.2 Å². The summed E-state index contributed by atoms with van der Waals surface area (Å²) in [5.74, 6) is -0.197. The number of nitrogens with one attached hydrogen (secondary N) is 1. The van der Waals surface area contributed by atoms with Crippen LogP contribution in [0.3, 0.4) is 0 Å². The van der Waals surface area contributed by atoms with Crippen LogP contribution in [0.5, 0.6) is 5.75 Å². The van der Waals surface area contributed by atoms with Crippen LogP contribution in [-0.4, -0.2) is 54.8 Å². The summed E-state index contributed by atoms with van der Waals surface area (Å²) in [5.41, 5.74) is 0.946. The summed E-state index contributed by atoms with van der Waals surface area (Å²) < 4.78 is 50.7. The molecule has 0 unspecified atom stereocenters. The number of fused-ring (bicyclic) bond motifs is 1. The van der Waals surface area contributed by atoms with Crippen molar-refractivity contribution in [2.24, 2.45) is 0 Å². The minimum atomic E-state index is -4.41. The lowest BCUT2D eigenvalue weighted by atomic mass is 10.2. The standard InChI is InChI=1S/C23H24F3N3O3/c24-23(25,26)18-1-4-20(5-2-18)32-16-22(30)27-19-3-6-21-17(15-19)7-8-29(21)10-9-28-11-13-31-14-12-28/h1-8,15H,9-14,16H2,(H,27,30). The van der Waals surface area contributed by atoms with E-state index < -0.39 is 17.6 Å². The molecule has 3 aromatic rings. The van der Waals surface area contributed by atoms with Gasteiger partial charge in [0.2, 0.25) is 0 Å². The molecule has 1 amide bonds. The number of rotatable bonds is 7. The van der Waals surface area contributed by atoms with Crippen LogP contribution in [0, 0.1) is 0 Å². The summed E-state index contributed by atoms with van der Waals surface area (Å²) in [6.07, 6.45) is -2.37. The first-order valence-electron chi connectivity index (χ1n) is 10.4. The molecule has 6 nitrogen and oxygen atoms in total. The van der Waals surface area contributed by atoms with E-state index in [1.54, 1.807) is 0 Å². The lowest BCUT2D eigenvalue weighted by Crippen LogP contribution is -2.38. The van der Waals surface area contributed by atoms with E-state index in [9.17, 15) is 18.0 Å². The van der Waals surface area contributed by atoms with E-state index in [-0.39, 0.29) is 12.4 Å². The average Bonchev–Trinajstić information content (AvgIpc) is 3.19. The van der Waals surface area contributed by atoms with Gasteiger partial charge in [0.1, 0.15) is 5.75 Å². The second-order valence-electron chi connectivity index (χ2n) is 7.60. The summed E-state index contributed by atoms with van der Waals surface area (Å²) in [5, 5.41) is 3.77. The van der Waals surface area contributed by atoms with Crippen LogP contribution in [-0.2, 0) is 22.3 Å². The number of morpholine rings is 1. The molecule has 2 aromatic carbocycles. The maximum Gasteiger partial charge on any atom is 0.416 e. The largest absolute Gasteiger partial charge is 0.484 e. The molecular formula is C23H24F3N3O3. The minimum Gasteiger partial charge on any atom is -0.484 e. The molecule has 2 heterocycles. The molecule has 1 N–H and O–H groups in total. The fourth-order valence-corrected chi connectivity index (χ4v) is 3.63. The van der Waals surface area contributed by atoms with Crippen LogP contribution in [0.1, 0.15) is 5.56 Å². The van der Waals surface area contributed by atoms with Gasteiger partial charge in [-0.3, -0.25) is 9.69 Å². The van der Waals surface area contributed by atoms with Crippen LogP contribution in [0.15, 0.2) is 54.7 Å². The summed E-state index contributed by atoms with van der Waals surface area (Å²) in [6, 6.07) is 11.9. The van der Waals surface area contributed by atoms with Crippen molar-refractivity contribution in [3.63, 3.8) is 0 Å². The number of halogens is 3. The number of carbonyl (C=O) groups excluding carboxylic acids is 1. The van der Waals surface area contributed by atoms with E-state index in [0.29, 0.717) is 5.69 Å². The van der Waals surface area contributed by atoms with Gasteiger partial charge in [-0.25, -0.2) is 0 Å². The third-order valence-electron chi connectivity index (χ3n) is 5.37. The van der Waals surface area contributed by atoms with Crippen molar-refractivity contribution in [1.82, 2.24) is 9.47 Å². The van der Waals surface area contributed by atoms with Crippen molar-refractivity contribution >= 4 is 22.5 Å². The van der Waals surface area contributed by atoms with Gasteiger partial charge >= 0.3 is 6.18 Å². The van der Waals surface area contributed by atoms with Gasteiger partial charge in [0.15, 0.2) is 6.61 Å². The predicted molar refractivity (Wildman–Crippen MR) is 115 cm³/mol. The number of benzene rings is 2. The van der Waals surface area contributed by atoms with E-state index >= 15 is 0 Å². The summed E-state index contributed by atoms with van der Waals surface area (Å²) in [7, 11) is 0. The first kappa shape index (κ1) is 22.2. The third-order valence-corrected chi connectivity index (χ3v) is 5.37. The highest BCUT2D eigenvalue weighted by atomic mass is 19.4. The maximum absolute atomic E-state index is 12.6. The van der Waals surface area contributed by atoms with Gasteiger partial charge in [0, 0.05) is 49.0 Å². The molecule has 9 heteroatoms. The van der Waals surface area contributed by atoms with E-state index in [4.69, 9.17) is 9.47 Å². The van der Waals surface area contributed by atoms with Crippen LogP contribution >= 0.6 is 0 Å². The lowest BCUT2D eigenvalue weighted by Gasteiger charge is -2.26. The Balaban J connectivity index is 1.30. The van der Waals surface area contributed by atoms with Crippen molar-refractivity contribution in [2.45, 2.75) is 12.7 Å². The summed E-state index contributed by atoms with van der Waals surface area (Å²) in [4.78, 5) is 14.6. The molecular weight excluding hydrogens is 423 g/mol. The molecule has 4 rings (SSSR count). The smallest absolute Gasteiger partial charge is 0.416 e. The van der Waals surface area contributed by atoms with E-state index in [1.807, 2.05) is 30.5 Å². The Hall–Kier alpha value is -3.04. The van der Waals surface area contributed by atoms with Gasteiger partial charge in [0.05, 0.1) is 18.8 Å². The number of ether oxygens (including phenoxy) is 2. The van der Waals surface area contributed by atoms with Crippen molar-refractivity contribution in [1.29, 1.82) is 0 Å². The highest BCUT2D eigenvalue weighted by Crippen LogP contribution is 2.30. The molecule has 0 bridgehead atoms. The molecule has 1 fully saturated rings. The first-order valence-corrected chi connectivity index (χ1v) is 10.4. The molecule has 0 radical (unpaired) electrons. The summed E-state index contributed by atoms with van der Waals surface area (Å²) in [6.45, 7) is 4.97. The Kier molecular flexibility index (Phi) is 6.66. The van der Waals surface area contributed by atoms with Gasteiger partial charge in [-0.1, -0.05) is 0 Å².